The van der Waals surface area contributed by atoms with Gasteiger partial charge in [-0.3, -0.25) is 0 Å². The van der Waals surface area contributed by atoms with E-state index in [0.717, 1.165) is 29.4 Å². The number of H-pyrrole nitrogens is 1. The molecule has 1 aliphatic rings. The lowest BCUT2D eigenvalue weighted by Crippen LogP contribution is -2.35. The molecule has 5 nitrogen and oxygen atoms in total. The molecule has 22 heavy (non-hydrogen) atoms. The molecule has 1 saturated heterocycles. The monoisotopic (exact) mass is 321 g/mol. The van der Waals surface area contributed by atoms with Crippen molar-refractivity contribution in [2.45, 2.75) is 37.5 Å². The van der Waals surface area contributed by atoms with Gasteiger partial charge in [-0.1, -0.05) is 12.5 Å². The fraction of sp³-hybridized carbons (Fsp3) is 0.500. The highest BCUT2D eigenvalue weighted by Crippen LogP contribution is 2.23. The minimum atomic E-state index is -3.24. The van der Waals surface area contributed by atoms with Crippen LogP contribution < -0.4 is 10.0 Å². The maximum Gasteiger partial charge on any atom is 0.215 e. The van der Waals surface area contributed by atoms with E-state index in [0.29, 0.717) is 6.04 Å². The van der Waals surface area contributed by atoms with E-state index in [-0.39, 0.29) is 5.75 Å². The van der Waals surface area contributed by atoms with Gasteiger partial charge in [0.25, 0.3) is 0 Å². The van der Waals surface area contributed by atoms with E-state index in [4.69, 9.17) is 0 Å². The van der Waals surface area contributed by atoms with Crippen LogP contribution in [0.2, 0.25) is 0 Å². The number of aromatic nitrogens is 1. The van der Waals surface area contributed by atoms with Gasteiger partial charge < -0.3 is 10.3 Å². The van der Waals surface area contributed by atoms with Crippen molar-refractivity contribution >= 4 is 20.9 Å². The third-order valence-corrected chi connectivity index (χ3v) is 5.71. The van der Waals surface area contributed by atoms with Crippen LogP contribution in [0.25, 0.3) is 10.9 Å². The van der Waals surface area contributed by atoms with Crippen molar-refractivity contribution in [1.82, 2.24) is 15.0 Å². The topological polar surface area (TPSA) is 74.0 Å². The SMILES string of the molecule is CNS(=O)(=O)Cc1ccc2[nH]cc(C[C@H]3CCCCN3)c2c1. The normalized spacial score (nSPS) is 19.6. The molecule has 3 rings (SSSR count). The second kappa shape index (κ2) is 6.40. The summed E-state index contributed by atoms with van der Waals surface area (Å²) in [4.78, 5) is 3.29. The predicted octanol–water partition coefficient (Wildman–Crippen LogP) is 1.90. The summed E-state index contributed by atoms with van der Waals surface area (Å²) in [5, 5.41) is 4.70. The van der Waals surface area contributed by atoms with Gasteiger partial charge >= 0.3 is 0 Å². The molecule has 0 amide bonds. The molecular weight excluding hydrogens is 298 g/mol. The van der Waals surface area contributed by atoms with E-state index in [2.05, 4.69) is 21.2 Å². The number of sulfonamides is 1. The molecule has 0 spiro atoms. The van der Waals surface area contributed by atoms with E-state index in [9.17, 15) is 8.42 Å². The first-order chi connectivity index (χ1) is 10.6. The second-order valence-corrected chi connectivity index (χ2v) is 7.93. The number of benzene rings is 1. The second-order valence-electron chi connectivity index (χ2n) is 6.01. The summed E-state index contributed by atoms with van der Waals surface area (Å²) in [6.45, 7) is 1.10. The Morgan fingerprint density at radius 3 is 2.91 bits per heavy atom. The summed E-state index contributed by atoms with van der Waals surface area (Å²) < 4.78 is 25.8. The lowest BCUT2D eigenvalue weighted by atomic mass is 9.97. The zero-order valence-electron chi connectivity index (χ0n) is 12.9. The highest BCUT2D eigenvalue weighted by molar-refractivity contribution is 7.88. The van der Waals surface area contributed by atoms with Gasteiger partial charge in [-0.05, 0) is 56.1 Å². The average molecular weight is 321 g/mol. The number of aromatic amines is 1. The van der Waals surface area contributed by atoms with Crippen molar-refractivity contribution in [3.05, 3.63) is 35.5 Å². The van der Waals surface area contributed by atoms with Gasteiger partial charge in [-0.25, -0.2) is 13.1 Å². The van der Waals surface area contributed by atoms with Gasteiger partial charge in [0.15, 0.2) is 0 Å². The first kappa shape index (κ1) is 15.5. The molecule has 1 aromatic carbocycles. The zero-order valence-corrected chi connectivity index (χ0v) is 13.7. The van der Waals surface area contributed by atoms with Crippen LogP contribution >= 0.6 is 0 Å². The van der Waals surface area contributed by atoms with Crippen LogP contribution in [0.4, 0.5) is 0 Å². The molecule has 2 aromatic rings. The molecule has 0 bridgehead atoms. The standard InChI is InChI=1S/C16H23N3O2S/c1-17-22(20,21)11-12-5-6-16-15(8-12)13(10-19-16)9-14-4-2-3-7-18-14/h5-6,8,10,14,17-19H,2-4,7,9,11H2,1H3/t14-/m1/s1. The largest absolute Gasteiger partial charge is 0.361 e. The number of piperidine rings is 1. The Hall–Kier alpha value is -1.37. The third kappa shape index (κ3) is 3.51. The highest BCUT2D eigenvalue weighted by Gasteiger charge is 2.16. The highest BCUT2D eigenvalue weighted by atomic mass is 32.2. The summed E-state index contributed by atoms with van der Waals surface area (Å²) >= 11 is 0. The first-order valence-electron chi connectivity index (χ1n) is 7.81. The Balaban J connectivity index is 1.85. The Bertz CT molecular complexity index is 746. The van der Waals surface area contributed by atoms with E-state index < -0.39 is 10.0 Å². The molecule has 0 aliphatic carbocycles. The van der Waals surface area contributed by atoms with Crippen LogP contribution in [0.15, 0.2) is 24.4 Å². The minimum Gasteiger partial charge on any atom is -0.361 e. The molecule has 1 atom stereocenters. The molecule has 120 valence electrons. The lowest BCUT2D eigenvalue weighted by Gasteiger charge is -2.23. The maximum atomic E-state index is 11.7. The van der Waals surface area contributed by atoms with Crippen LogP contribution in [-0.2, 0) is 22.2 Å². The van der Waals surface area contributed by atoms with Crippen LogP contribution in [0.1, 0.15) is 30.4 Å². The van der Waals surface area contributed by atoms with Crippen molar-refractivity contribution in [2.24, 2.45) is 0 Å². The summed E-state index contributed by atoms with van der Waals surface area (Å²) in [5.41, 5.74) is 3.15. The van der Waals surface area contributed by atoms with Crippen molar-refractivity contribution in [3.8, 4) is 0 Å². The molecule has 0 saturated carbocycles. The number of hydrogen-bond acceptors (Lipinski definition) is 3. The van der Waals surface area contributed by atoms with E-state index in [1.807, 2.05) is 18.2 Å². The van der Waals surface area contributed by atoms with Crippen molar-refractivity contribution in [2.75, 3.05) is 13.6 Å². The molecule has 3 N–H and O–H groups in total. The molecule has 2 heterocycles. The zero-order chi connectivity index (χ0) is 15.6. The van der Waals surface area contributed by atoms with Crippen LogP contribution in [0.5, 0.6) is 0 Å². The quantitative estimate of drug-likeness (QED) is 0.787. The molecule has 1 aromatic heterocycles. The molecule has 0 unspecified atom stereocenters. The summed E-state index contributed by atoms with van der Waals surface area (Å²) in [6, 6.07) is 6.36. The number of fused-ring (bicyclic) bond motifs is 1. The summed E-state index contributed by atoms with van der Waals surface area (Å²) in [7, 11) is -1.79. The van der Waals surface area contributed by atoms with Gasteiger partial charge in [-0.2, -0.15) is 0 Å². The van der Waals surface area contributed by atoms with Crippen molar-refractivity contribution in [3.63, 3.8) is 0 Å². The lowest BCUT2D eigenvalue weighted by molar-refractivity contribution is 0.400. The fourth-order valence-corrected chi connectivity index (χ4v) is 3.90. The minimum absolute atomic E-state index is 0.0196. The van der Waals surface area contributed by atoms with E-state index in [1.54, 1.807) is 0 Å². The van der Waals surface area contributed by atoms with E-state index >= 15 is 0 Å². The molecular formula is C16H23N3O2S. The van der Waals surface area contributed by atoms with Crippen LogP contribution in [0, 0.1) is 0 Å². The van der Waals surface area contributed by atoms with E-state index in [1.165, 1.54) is 31.9 Å². The van der Waals surface area contributed by atoms with Crippen LogP contribution in [-0.4, -0.2) is 33.0 Å². The van der Waals surface area contributed by atoms with Crippen molar-refractivity contribution < 1.29 is 8.42 Å². The molecule has 1 fully saturated rings. The van der Waals surface area contributed by atoms with Gasteiger partial charge in [0.2, 0.25) is 10.0 Å². The summed E-state index contributed by atoms with van der Waals surface area (Å²) in [5.74, 6) is 0.0196. The Kier molecular flexibility index (Phi) is 4.52. The average Bonchev–Trinajstić information content (AvgIpc) is 2.90. The molecule has 6 heteroatoms. The maximum absolute atomic E-state index is 11.7. The Morgan fingerprint density at radius 1 is 1.32 bits per heavy atom. The first-order valence-corrected chi connectivity index (χ1v) is 9.46. The Morgan fingerprint density at radius 2 is 2.18 bits per heavy atom. The number of nitrogens with one attached hydrogen (secondary N) is 3. The predicted molar refractivity (Wildman–Crippen MR) is 89.3 cm³/mol. The fourth-order valence-electron chi connectivity index (χ4n) is 3.14. The van der Waals surface area contributed by atoms with Crippen LogP contribution in [0.3, 0.4) is 0 Å². The molecule has 0 radical (unpaired) electrons. The number of hydrogen-bond donors (Lipinski definition) is 3. The summed E-state index contributed by atoms with van der Waals surface area (Å²) in [6.07, 6.45) is 6.79. The Labute approximate surface area is 131 Å². The smallest absolute Gasteiger partial charge is 0.215 e. The van der Waals surface area contributed by atoms with Gasteiger partial charge in [-0.15, -0.1) is 0 Å². The van der Waals surface area contributed by atoms with Gasteiger partial charge in [0.1, 0.15) is 0 Å². The third-order valence-electron chi connectivity index (χ3n) is 4.38. The molecule has 1 aliphatic heterocycles. The van der Waals surface area contributed by atoms with Gasteiger partial charge in [0, 0.05) is 23.1 Å². The van der Waals surface area contributed by atoms with Crippen molar-refractivity contribution in [1.29, 1.82) is 0 Å². The number of rotatable bonds is 5. The van der Waals surface area contributed by atoms with Gasteiger partial charge in [0.05, 0.1) is 5.75 Å².